The van der Waals surface area contributed by atoms with Gasteiger partial charge in [0, 0.05) is 5.41 Å². The van der Waals surface area contributed by atoms with Crippen molar-refractivity contribution in [3.8, 4) is 0 Å². The Kier molecular flexibility index (Phi) is 2.39. The molecule has 2 N–H and O–H groups in total. The Morgan fingerprint density at radius 2 is 2.17 bits per heavy atom. The lowest BCUT2D eigenvalue weighted by atomic mass is 9.56. The molecule has 2 fully saturated rings. The van der Waals surface area contributed by atoms with E-state index in [1.807, 2.05) is 13.0 Å². The van der Waals surface area contributed by atoms with Crippen LogP contribution in [-0.2, 0) is 4.74 Å². The Bertz CT molecular complexity index is 441. The SMILES string of the molecule is C=C(C)[C@]12O[C@H]1[C@]1(C)C(=C[C@@H]2O)CC[C@H](O)[C@H]1C. The predicted molar refractivity (Wildman–Crippen MR) is 69.0 cm³/mol. The number of hydrogen-bond donors (Lipinski definition) is 2. The van der Waals surface area contributed by atoms with Crippen molar-refractivity contribution in [2.75, 3.05) is 0 Å². The van der Waals surface area contributed by atoms with Crippen LogP contribution in [0.5, 0.6) is 0 Å². The minimum Gasteiger partial charge on any atom is -0.393 e. The van der Waals surface area contributed by atoms with E-state index in [1.54, 1.807) is 0 Å². The first kappa shape index (κ1) is 12.4. The van der Waals surface area contributed by atoms with E-state index in [0.717, 1.165) is 18.4 Å². The van der Waals surface area contributed by atoms with Gasteiger partial charge in [0.15, 0.2) is 0 Å². The van der Waals surface area contributed by atoms with Crippen molar-refractivity contribution in [3.05, 3.63) is 23.8 Å². The summed E-state index contributed by atoms with van der Waals surface area (Å²) >= 11 is 0. The van der Waals surface area contributed by atoms with Gasteiger partial charge in [0.05, 0.1) is 6.10 Å². The fourth-order valence-corrected chi connectivity index (χ4v) is 4.03. The quantitative estimate of drug-likeness (QED) is 0.551. The molecule has 100 valence electrons. The average molecular weight is 250 g/mol. The third kappa shape index (κ3) is 1.20. The summed E-state index contributed by atoms with van der Waals surface area (Å²) in [7, 11) is 0. The van der Waals surface area contributed by atoms with Crippen LogP contribution >= 0.6 is 0 Å². The maximum absolute atomic E-state index is 10.3. The molecule has 1 saturated heterocycles. The zero-order valence-electron chi connectivity index (χ0n) is 11.3. The van der Waals surface area contributed by atoms with E-state index in [2.05, 4.69) is 20.4 Å². The molecule has 1 aliphatic heterocycles. The van der Waals surface area contributed by atoms with Crippen LogP contribution in [0.1, 0.15) is 33.6 Å². The first-order chi connectivity index (χ1) is 8.35. The Balaban J connectivity index is 2.07. The molecule has 0 radical (unpaired) electrons. The third-order valence-corrected chi connectivity index (χ3v) is 5.58. The first-order valence-electron chi connectivity index (χ1n) is 6.76. The van der Waals surface area contributed by atoms with Crippen LogP contribution in [0.3, 0.4) is 0 Å². The fourth-order valence-electron chi connectivity index (χ4n) is 4.03. The zero-order valence-corrected chi connectivity index (χ0v) is 11.3. The smallest absolute Gasteiger partial charge is 0.145 e. The van der Waals surface area contributed by atoms with Gasteiger partial charge in [-0.15, -0.1) is 0 Å². The van der Waals surface area contributed by atoms with E-state index in [1.165, 1.54) is 5.57 Å². The van der Waals surface area contributed by atoms with Gasteiger partial charge in [-0.3, -0.25) is 0 Å². The van der Waals surface area contributed by atoms with Gasteiger partial charge in [-0.1, -0.05) is 32.1 Å². The monoisotopic (exact) mass is 250 g/mol. The van der Waals surface area contributed by atoms with Gasteiger partial charge in [-0.25, -0.2) is 0 Å². The Morgan fingerprint density at radius 3 is 2.78 bits per heavy atom. The molecule has 3 rings (SSSR count). The van der Waals surface area contributed by atoms with Gasteiger partial charge in [0.2, 0.25) is 0 Å². The molecule has 0 unspecified atom stereocenters. The Hall–Kier alpha value is -0.640. The average Bonchev–Trinajstić information content (AvgIpc) is 3.06. The highest BCUT2D eigenvalue weighted by atomic mass is 16.6. The normalized spacial score (nSPS) is 54.2. The van der Waals surface area contributed by atoms with Crippen LogP contribution in [-0.4, -0.2) is 34.1 Å². The summed E-state index contributed by atoms with van der Waals surface area (Å²) in [5, 5.41) is 20.5. The predicted octanol–water partition coefficient (Wildman–Crippen LogP) is 1.80. The van der Waals surface area contributed by atoms with Gasteiger partial charge < -0.3 is 14.9 Å². The summed E-state index contributed by atoms with van der Waals surface area (Å²) in [6, 6.07) is 0. The van der Waals surface area contributed by atoms with E-state index >= 15 is 0 Å². The lowest BCUT2D eigenvalue weighted by Crippen LogP contribution is -2.51. The lowest BCUT2D eigenvalue weighted by molar-refractivity contribution is 0.00744. The zero-order chi connectivity index (χ0) is 13.3. The number of rotatable bonds is 1. The molecule has 3 aliphatic rings. The van der Waals surface area contributed by atoms with Gasteiger partial charge in [0.25, 0.3) is 0 Å². The van der Waals surface area contributed by atoms with Crippen LogP contribution in [0.2, 0.25) is 0 Å². The fraction of sp³-hybridized carbons (Fsp3) is 0.733. The van der Waals surface area contributed by atoms with Gasteiger partial charge in [-0.05, 0) is 31.3 Å². The van der Waals surface area contributed by atoms with Gasteiger partial charge in [0.1, 0.15) is 17.8 Å². The summed E-state index contributed by atoms with van der Waals surface area (Å²) in [4.78, 5) is 0. The van der Waals surface area contributed by atoms with Crippen molar-refractivity contribution in [1.82, 2.24) is 0 Å². The van der Waals surface area contributed by atoms with Gasteiger partial charge >= 0.3 is 0 Å². The third-order valence-electron chi connectivity index (χ3n) is 5.58. The van der Waals surface area contributed by atoms with Crippen LogP contribution in [0.4, 0.5) is 0 Å². The highest BCUT2D eigenvalue weighted by molar-refractivity contribution is 5.43. The topological polar surface area (TPSA) is 53.0 Å². The molecule has 0 amide bonds. The van der Waals surface area contributed by atoms with E-state index < -0.39 is 11.7 Å². The number of epoxide rings is 1. The molecule has 6 atom stereocenters. The minimum atomic E-state index is -0.608. The second-order valence-corrected chi connectivity index (χ2v) is 6.39. The maximum Gasteiger partial charge on any atom is 0.145 e. The highest BCUT2D eigenvalue weighted by Gasteiger charge is 2.72. The molecule has 2 aliphatic carbocycles. The van der Waals surface area contributed by atoms with Crippen molar-refractivity contribution in [2.24, 2.45) is 11.3 Å². The van der Waals surface area contributed by atoms with E-state index in [-0.39, 0.29) is 23.5 Å². The molecule has 3 nitrogen and oxygen atoms in total. The summed E-state index contributed by atoms with van der Waals surface area (Å²) in [6.07, 6.45) is 2.66. The molecule has 0 aromatic heterocycles. The molecule has 0 bridgehead atoms. The van der Waals surface area contributed by atoms with Crippen molar-refractivity contribution in [2.45, 2.75) is 57.5 Å². The number of fused-ring (bicyclic) bond motifs is 3. The van der Waals surface area contributed by atoms with Crippen molar-refractivity contribution in [3.63, 3.8) is 0 Å². The van der Waals surface area contributed by atoms with Crippen LogP contribution < -0.4 is 0 Å². The first-order valence-corrected chi connectivity index (χ1v) is 6.76. The molecular formula is C15H22O3. The van der Waals surface area contributed by atoms with E-state index in [0.29, 0.717) is 0 Å². The van der Waals surface area contributed by atoms with Crippen molar-refractivity contribution in [1.29, 1.82) is 0 Å². The number of aliphatic hydroxyl groups is 2. The Morgan fingerprint density at radius 1 is 1.50 bits per heavy atom. The molecule has 1 heterocycles. The molecule has 0 spiro atoms. The molecule has 18 heavy (non-hydrogen) atoms. The number of hydrogen-bond acceptors (Lipinski definition) is 3. The highest BCUT2D eigenvalue weighted by Crippen LogP contribution is 2.64. The maximum atomic E-state index is 10.3. The molecule has 0 aromatic carbocycles. The lowest BCUT2D eigenvalue weighted by Gasteiger charge is -2.47. The number of aliphatic hydroxyl groups excluding tert-OH is 2. The Labute approximate surface area is 108 Å². The van der Waals surface area contributed by atoms with Gasteiger partial charge in [-0.2, -0.15) is 0 Å². The van der Waals surface area contributed by atoms with Crippen molar-refractivity contribution < 1.29 is 14.9 Å². The second kappa shape index (κ2) is 3.47. The summed E-state index contributed by atoms with van der Waals surface area (Å²) < 4.78 is 5.92. The minimum absolute atomic E-state index is 0.0394. The summed E-state index contributed by atoms with van der Waals surface area (Å²) in [5.41, 5.74) is 1.34. The molecule has 1 saturated carbocycles. The van der Waals surface area contributed by atoms with Crippen LogP contribution in [0.25, 0.3) is 0 Å². The second-order valence-electron chi connectivity index (χ2n) is 6.39. The van der Waals surface area contributed by atoms with Crippen LogP contribution in [0.15, 0.2) is 23.8 Å². The van der Waals surface area contributed by atoms with E-state index in [9.17, 15) is 10.2 Å². The van der Waals surface area contributed by atoms with E-state index in [4.69, 9.17) is 4.74 Å². The largest absolute Gasteiger partial charge is 0.393 e. The van der Waals surface area contributed by atoms with Crippen LogP contribution in [0, 0.1) is 11.3 Å². The molecular weight excluding hydrogens is 228 g/mol. The molecule has 3 heteroatoms. The summed E-state index contributed by atoms with van der Waals surface area (Å²) in [6.45, 7) is 10.1. The standard InChI is InChI=1S/C15H22O3/c1-8(2)15-12(17)7-10-5-6-11(16)9(3)14(10,4)13(15)18-15/h7,9,11-13,16-17H,1,5-6H2,2-4H3/t9-,11+,12+,13+,14+,15-/m1/s1. The van der Waals surface area contributed by atoms with Crippen molar-refractivity contribution >= 4 is 0 Å². The number of ether oxygens (including phenoxy) is 1. The summed E-state index contributed by atoms with van der Waals surface area (Å²) in [5.74, 6) is 0.149. The molecule has 0 aromatic rings.